The number of piperidine rings is 1. The van der Waals surface area contributed by atoms with Crippen molar-refractivity contribution < 1.29 is 9.59 Å². The van der Waals surface area contributed by atoms with Crippen LogP contribution in [0.1, 0.15) is 25.3 Å². The molecule has 1 aromatic rings. The second-order valence-corrected chi connectivity index (χ2v) is 5.08. The highest BCUT2D eigenvalue weighted by atomic mass is 35.5. The SMILES string of the molecule is CC(N)(C(=O)NC1CCC(=O)NC1)c1ccccc1.Cl. The van der Waals surface area contributed by atoms with Crippen molar-refractivity contribution in [2.75, 3.05) is 6.54 Å². The van der Waals surface area contributed by atoms with E-state index in [-0.39, 0.29) is 30.3 Å². The molecule has 1 heterocycles. The van der Waals surface area contributed by atoms with Crippen LogP contribution in [0.4, 0.5) is 0 Å². The van der Waals surface area contributed by atoms with E-state index in [1.807, 2.05) is 30.3 Å². The van der Waals surface area contributed by atoms with Crippen molar-refractivity contribution in [3.8, 4) is 0 Å². The minimum absolute atomic E-state index is 0. The molecular formula is C14H20ClN3O2. The average Bonchev–Trinajstić information content (AvgIpc) is 2.42. The summed E-state index contributed by atoms with van der Waals surface area (Å²) in [5, 5.41) is 5.63. The van der Waals surface area contributed by atoms with Crippen molar-refractivity contribution >= 4 is 24.2 Å². The van der Waals surface area contributed by atoms with Gasteiger partial charge in [0.2, 0.25) is 11.8 Å². The number of carbonyl (C=O) groups excluding carboxylic acids is 2. The van der Waals surface area contributed by atoms with E-state index in [2.05, 4.69) is 10.6 Å². The predicted molar refractivity (Wildman–Crippen MR) is 79.4 cm³/mol. The first kappa shape index (κ1) is 16.5. The normalized spacial score (nSPS) is 21.1. The highest BCUT2D eigenvalue weighted by molar-refractivity contribution is 5.87. The Hall–Kier alpha value is -1.59. The lowest BCUT2D eigenvalue weighted by molar-refractivity contribution is -0.128. The summed E-state index contributed by atoms with van der Waals surface area (Å²) in [6.45, 7) is 2.16. The fourth-order valence-electron chi connectivity index (χ4n) is 2.11. The number of nitrogens with one attached hydrogen (secondary N) is 2. The Labute approximate surface area is 124 Å². The zero-order chi connectivity index (χ0) is 13.9. The van der Waals surface area contributed by atoms with E-state index in [0.29, 0.717) is 19.4 Å². The lowest BCUT2D eigenvalue weighted by Gasteiger charge is -2.29. The third kappa shape index (κ3) is 3.71. The number of halogens is 1. The minimum Gasteiger partial charge on any atom is -0.354 e. The molecule has 5 nitrogen and oxygen atoms in total. The van der Waals surface area contributed by atoms with E-state index in [0.717, 1.165) is 5.56 Å². The number of carbonyl (C=O) groups is 2. The minimum atomic E-state index is -1.07. The molecule has 0 saturated carbocycles. The molecule has 110 valence electrons. The molecule has 0 radical (unpaired) electrons. The molecule has 0 aliphatic carbocycles. The van der Waals surface area contributed by atoms with Crippen molar-refractivity contribution in [2.45, 2.75) is 31.3 Å². The first-order valence-electron chi connectivity index (χ1n) is 6.42. The molecule has 1 saturated heterocycles. The Bertz CT molecular complexity index is 467. The van der Waals surface area contributed by atoms with Gasteiger partial charge in [-0.25, -0.2) is 0 Å². The van der Waals surface area contributed by atoms with Crippen LogP contribution in [0.3, 0.4) is 0 Å². The van der Waals surface area contributed by atoms with Gasteiger partial charge in [-0.1, -0.05) is 30.3 Å². The molecule has 1 aromatic carbocycles. The second-order valence-electron chi connectivity index (χ2n) is 5.08. The molecule has 4 N–H and O–H groups in total. The monoisotopic (exact) mass is 297 g/mol. The van der Waals surface area contributed by atoms with Gasteiger partial charge in [-0.2, -0.15) is 0 Å². The summed E-state index contributed by atoms with van der Waals surface area (Å²) in [5.41, 5.74) is 5.83. The number of hydrogen-bond acceptors (Lipinski definition) is 3. The maximum Gasteiger partial charge on any atom is 0.244 e. The summed E-state index contributed by atoms with van der Waals surface area (Å²) in [7, 11) is 0. The molecule has 0 spiro atoms. The molecule has 1 aliphatic heterocycles. The van der Waals surface area contributed by atoms with Crippen molar-refractivity contribution in [2.24, 2.45) is 5.73 Å². The van der Waals surface area contributed by atoms with Gasteiger partial charge in [0.25, 0.3) is 0 Å². The molecule has 2 amide bonds. The molecule has 1 aliphatic rings. The topological polar surface area (TPSA) is 84.2 Å². The van der Waals surface area contributed by atoms with Gasteiger partial charge in [0.15, 0.2) is 0 Å². The van der Waals surface area contributed by atoms with Gasteiger partial charge in [-0.15, -0.1) is 12.4 Å². The second kappa shape index (κ2) is 6.72. The zero-order valence-electron chi connectivity index (χ0n) is 11.4. The molecule has 20 heavy (non-hydrogen) atoms. The van der Waals surface area contributed by atoms with E-state index in [4.69, 9.17) is 5.73 Å². The number of benzene rings is 1. The van der Waals surface area contributed by atoms with Crippen LogP contribution in [0.25, 0.3) is 0 Å². The average molecular weight is 298 g/mol. The van der Waals surface area contributed by atoms with Crippen LogP contribution in [0.5, 0.6) is 0 Å². The van der Waals surface area contributed by atoms with Crippen LogP contribution in [0, 0.1) is 0 Å². The van der Waals surface area contributed by atoms with E-state index < -0.39 is 5.54 Å². The van der Waals surface area contributed by atoms with E-state index in [9.17, 15) is 9.59 Å². The van der Waals surface area contributed by atoms with Crippen LogP contribution < -0.4 is 16.4 Å². The highest BCUT2D eigenvalue weighted by Gasteiger charge is 2.32. The van der Waals surface area contributed by atoms with Gasteiger partial charge in [-0.05, 0) is 18.9 Å². The van der Waals surface area contributed by atoms with Crippen LogP contribution in [0.15, 0.2) is 30.3 Å². The number of rotatable bonds is 3. The van der Waals surface area contributed by atoms with Gasteiger partial charge in [0.1, 0.15) is 5.54 Å². The summed E-state index contributed by atoms with van der Waals surface area (Å²) in [6, 6.07) is 9.22. The first-order chi connectivity index (χ1) is 9.00. The van der Waals surface area contributed by atoms with Gasteiger partial charge >= 0.3 is 0 Å². The van der Waals surface area contributed by atoms with Gasteiger partial charge in [0, 0.05) is 19.0 Å². The molecule has 0 bridgehead atoms. The lowest BCUT2D eigenvalue weighted by atomic mass is 9.91. The Morgan fingerprint density at radius 1 is 1.40 bits per heavy atom. The molecule has 1 fully saturated rings. The number of nitrogens with two attached hydrogens (primary N) is 1. The summed E-state index contributed by atoms with van der Waals surface area (Å²) in [6.07, 6.45) is 1.10. The fraction of sp³-hybridized carbons (Fsp3) is 0.429. The molecule has 0 aromatic heterocycles. The van der Waals surface area contributed by atoms with Gasteiger partial charge in [0.05, 0.1) is 0 Å². The van der Waals surface area contributed by atoms with Crippen molar-refractivity contribution in [1.82, 2.24) is 10.6 Å². The number of amides is 2. The Balaban J connectivity index is 0.00000200. The Morgan fingerprint density at radius 3 is 2.60 bits per heavy atom. The van der Waals surface area contributed by atoms with Crippen molar-refractivity contribution in [3.63, 3.8) is 0 Å². The number of hydrogen-bond donors (Lipinski definition) is 3. The maximum atomic E-state index is 12.3. The van der Waals surface area contributed by atoms with Crippen molar-refractivity contribution in [1.29, 1.82) is 0 Å². The summed E-state index contributed by atoms with van der Waals surface area (Å²) >= 11 is 0. The van der Waals surface area contributed by atoms with Crippen LogP contribution >= 0.6 is 12.4 Å². The zero-order valence-corrected chi connectivity index (χ0v) is 12.2. The molecule has 6 heteroatoms. The largest absolute Gasteiger partial charge is 0.354 e. The molecule has 2 unspecified atom stereocenters. The lowest BCUT2D eigenvalue weighted by Crippen LogP contribution is -2.55. The summed E-state index contributed by atoms with van der Waals surface area (Å²) < 4.78 is 0. The third-order valence-corrected chi connectivity index (χ3v) is 3.45. The molecule has 2 rings (SSSR count). The predicted octanol–water partition coefficient (Wildman–Crippen LogP) is 0.677. The first-order valence-corrected chi connectivity index (χ1v) is 6.42. The van der Waals surface area contributed by atoms with Crippen molar-refractivity contribution in [3.05, 3.63) is 35.9 Å². The van der Waals surface area contributed by atoms with Crippen LogP contribution in [-0.4, -0.2) is 24.4 Å². The van der Waals surface area contributed by atoms with Gasteiger partial charge < -0.3 is 16.4 Å². The maximum absolute atomic E-state index is 12.3. The van der Waals surface area contributed by atoms with Gasteiger partial charge in [-0.3, -0.25) is 9.59 Å². The Kier molecular flexibility index (Phi) is 5.53. The molecule has 2 atom stereocenters. The van der Waals surface area contributed by atoms with Crippen LogP contribution in [0.2, 0.25) is 0 Å². The van der Waals surface area contributed by atoms with Crippen LogP contribution in [-0.2, 0) is 15.1 Å². The smallest absolute Gasteiger partial charge is 0.244 e. The quantitative estimate of drug-likeness (QED) is 0.767. The summed E-state index contributed by atoms with van der Waals surface area (Å²) in [5.74, 6) is -0.191. The molecular weight excluding hydrogens is 278 g/mol. The van der Waals surface area contributed by atoms with E-state index >= 15 is 0 Å². The Morgan fingerprint density at radius 2 is 2.05 bits per heavy atom. The third-order valence-electron chi connectivity index (χ3n) is 3.45. The standard InChI is InChI=1S/C14H19N3O2.ClH/c1-14(15,10-5-3-2-4-6-10)13(19)17-11-7-8-12(18)16-9-11;/h2-6,11H,7-9,15H2,1H3,(H,16,18)(H,17,19);1H. The van der Waals surface area contributed by atoms with E-state index in [1.165, 1.54) is 0 Å². The summed E-state index contributed by atoms with van der Waals surface area (Å²) in [4.78, 5) is 23.3. The fourth-order valence-corrected chi connectivity index (χ4v) is 2.11. The highest BCUT2D eigenvalue weighted by Crippen LogP contribution is 2.18. The van der Waals surface area contributed by atoms with E-state index in [1.54, 1.807) is 6.92 Å².